The van der Waals surface area contributed by atoms with Crippen molar-refractivity contribution >= 4 is 23.0 Å². The zero-order valence-corrected chi connectivity index (χ0v) is 17.6. The maximum atomic E-state index is 11.0. The molecule has 0 N–H and O–H groups in total. The molecule has 3 rings (SSSR count). The van der Waals surface area contributed by atoms with Crippen LogP contribution in [0.1, 0.15) is 23.6 Å². The van der Waals surface area contributed by atoms with Crippen molar-refractivity contribution in [2.24, 2.45) is 0 Å². The number of benzene rings is 3. The van der Waals surface area contributed by atoms with E-state index in [-0.39, 0.29) is 23.6 Å². The molecule has 9 heteroatoms. The summed E-state index contributed by atoms with van der Waals surface area (Å²) < 4.78 is 11.5. The van der Waals surface area contributed by atoms with Crippen LogP contribution in [0.4, 0.5) is 11.4 Å². The molecule has 0 aromatic heterocycles. The molecular weight excluding hydrogens is 426 g/mol. The van der Waals surface area contributed by atoms with E-state index in [4.69, 9.17) is 9.47 Å². The molecule has 3 aromatic rings. The van der Waals surface area contributed by atoms with Crippen molar-refractivity contribution in [3.8, 4) is 17.6 Å². The van der Waals surface area contributed by atoms with Crippen LogP contribution in [0.2, 0.25) is 0 Å². The molecule has 0 atom stereocenters. The first-order valence-electron chi connectivity index (χ1n) is 9.91. The summed E-state index contributed by atoms with van der Waals surface area (Å²) in [5.74, 6) is 0.877. The number of nitrogens with zero attached hydrogens (tertiary/aromatic N) is 3. The minimum atomic E-state index is -0.515. The number of ether oxygens (including phenoxy) is 2. The Balaban J connectivity index is 1.86. The van der Waals surface area contributed by atoms with Crippen molar-refractivity contribution in [1.29, 1.82) is 5.26 Å². The lowest BCUT2D eigenvalue weighted by Crippen LogP contribution is -2.00. The Kier molecular flexibility index (Phi) is 7.34. The molecule has 9 nitrogen and oxygen atoms in total. The molecule has 0 saturated heterocycles. The highest BCUT2D eigenvalue weighted by atomic mass is 16.6. The highest BCUT2D eigenvalue weighted by Gasteiger charge is 2.12. The van der Waals surface area contributed by atoms with Crippen molar-refractivity contribution in [3.05, 3.63) is 104 Å². The Bertz CT molecular complexity index is 1260. The van der Waals surface area contributed by atoms with Crippen LogP contribution < -0.4 is 9.47 Å². The van der Waals surface area contributed by atoms with Crippen molar-refractivity contribution in [2.75, 3.05) is 6.61 Å². The van der Waals surface area contributed by atoms with Gasteiger partial charge in [0.05, 0.1) is 28.1 Å². The average molecular weight is 445 g/mol. The van der Waals surface area contributed by atoms with E-state index in [1.807, 2.05) is 6.92 Å². The van der Waals surface area contributed by atoms with Gasteiger partial charge >= 0.3 is 0 Å². The normalized spacial score (nSPS) is 10.8. The molecule has 166 valence electrons. The summed E-state index contributed by atoms with van der Waals surface area (Å²) in [6.07, 6.45) is 1.60. The quantitative estimate of drug-likeness (QED) is 0.183. The second-order valence-electron chi connectivity index (χ2n) is 6.83. The monoisotopic (exact) mass is 445 g/mol. The third kappa shape index (κ3) is 5.92. The molecule has 0 aliphatic rings. The number of hydrogen-bond donors (Lipinski definition) is 0. The zero-order chi connectivity index (χ0) is 23.8. The fourth-order valence-corrected chi connectivity index (χ4v) is 3.06. The summed E-state index contributed by atoms with van der Waals surface area (Å²) >= 11 is 0. The number of nitro benzene ring substituents is 2. The molecule has 0 bridgehead atoms. The van der Waals surface area contributed by atoms with E-state index in [1.165, 1.54) is 30.3 Å². The number of rotatable bonds is 9. The predicted molar refractivity (Wildman–Crippen MR) is 122 cm³/mol. The maximum absolute atomic E-state index is 11.0. The Labute approximate surface area is 189 Å². The van der Waals surface area contributed by atoms with Crippen LogP contribution in [0.25, 0.3) is 11.6 Å². The van der Waals surface area contributed by atoms with Crippen LogP contribution in [-0.4, -0.2) is 16.5 Å². The Morgan fingerprint density at radius 1 is 0.939 bits per heavy atom. The molecule has 33 heavy (non-hydrogen) atoms. The fourth-order valence-electron chi connectivity index (χ4n) is 3.06. The first-order valence-corrected chi connectivity index (χ1v) is 9.91. The van der Waals surface area contributed by atoms with E-state index in [0.29, 0.717) is 34.8 Å². The maximum Gasteiger partial charge on any atom is 0.270 e. The smallest absolute Gasteiger partial charge is 0.270 e. The second kappa shape index (κ2) is 10.5. The van der Waals surface area contributed by atoms with Gasteiger partial charge in [0.15, 0.2) is 11.5 Å². The molecule has 0 amide bonds. The van der Waals surface area contributed by atoms with Gasteiger partial charge in [-0.3, -0.25) is 20.2 Å². The van der Waals surface area contributed by atoms with Crippen LogP contribution in [0.5, 0.6) is 11.5 Å². The van der Waals surface area contributed by atoms with Crippen LogP contribution in [-0.2, 0) is 6.61 Å². The van der Waals surface area contributed by atoms with Gasteiger partial charge in [-0.1, -0.05) is 30.3 Å². The van der Waals surface area contributed by atoms with Crippen LogP contribution in [0.15, 0.2) is 66.7 Å². The Hall–Kier alpha value is -4.71. The molecule has 0 aliphatic heterocycles. The van der Waals surface area contributed by atoms with E-state index in [2.05, 4.69) is 6.07 Å². The van der Waals surface area contributed by atoms with Gasteiger partial charge in [-0.25, -0.2) is 0 Å². The zero-order valence-electron chi connectivity index (χ0n) is 17.6. The summed E-state index contributed by atoms with van der Waals surface area (Å²) in [6, 6.07) is 19.2. The fraction of sp³-hybridized carbons (Fsp3) is 0.125. The van der Waals surface area contributed by atoms with Gasteiger partial charge in [-0.2, -0.15) is 5.26 Å². The highest BCUT2D eigenvalue weighted by Crippen LogP contribution is 2.31. The first-order chi connectivity index (χ1) is 15.9. The summed E-state index contributed by atoms with van der Waals surface area (Å²) in [7, 11) is 0. The Morgan fingerprint density at radius 2 is 1.64 bits per heavy atom. The third-order valence-corrected chi connectivity index (χ3v) is 4.58. The molecule has 0 heterocycles. The van der Waals surface area contributed by atoms with Crippen molar-refractivity contribution in [1.82, 2.24) is 0 Å². The topological polar surface area (TPSA) is 129 Å². The van der Waals surface area contributed by atoms with Gasteiger partial charge in [0.2, 0.25) is 0 Å². The third-order valence-electron chi connectivity index (χ3n) is 4.58. The number of hydrogen-bond acceptors (Lipinski definition) is 7. The lowest BCUT2D eigenvalue weighted by molar-refractivity contribution is -0.385. The molecule has 0 fully saturated rings. The van der Waals surface area contributed by atoms with E-state index in [1.54, 1.807) is 42.5 Å². The summed E-state index contributed by atoms with van der Waals surface area (Å²) in [6.45, 7) is 2.29. The van der Waals surface area contributed by atoms with Crippen molar-refractivity contribution in [3.63, 3.8) is 0 Å². The lowest BCUT2D eigenvalue weighted by Gasteiger charge is -2.13. The van der Waals surface area contributed by atoms with Gasteiger partial charge in [0.25, 0.3) is 11.4 Å². The second-order valence-corrected chi connectivity index (χ2v) is 6.83. The van der Waals surface area contributed by atoms with Crippen molar-refractivity contribution in [2.45, 2.75) is 13.5 Å². The van der Waals surface area contributed by atoms with Crippen LogP contribution in [0, 0.1) is 31.6 Å². The minimum Gasteiger partial charge on any atom is -0.490 e. The highest BCUT2D eigenvalue weighted by molar-refractivity contribution is 5.90. The molecule has 0 aliphatic carbocycles. The minimum absolute atomic E-state index is 0.0215. The van der Waals surface area contributed by atoms with Gasteiger partial charge in [0.1, 0.15) is 6.61 Å². The largest absolute Gasteiger partial charge is 0.490 e. The van der Waals surface area contributed by atoms with Crippen LogP contribution >= 0.6 is 0 Å². The average Bonchev–Trinajstić information content (AvgIpc) is 2.82. The molecule has 0 unspecified atom stereocenters. The molecule has 0 saturated carbocycles. The van der Waals surface area contributed by atoms with E-state index in [0.717, 1.165) is 0 Å². The molecule has 3 aromatic carbocycles. The standard InChI is InChI=1S/C24H19N3O6/c1-2-32-24-13-17(11-20(15-25)19-6-4-8-22(14-19)27(30)31)9-10-23(24)33-16-18-5-3-7-21(12-18)26(28)29/h3-14H,2,16H2,1H3. The van der Waals surface area contributed by atoms with E-state index < -0.39 is 9.85 Å². The molecule has 0 radical (unpaired) electrons. The van der Waals surface area contributed by atoms with Gasteiger partial charge in [-0.15, -0.1) is 0 Å². The van der Waals surface area contributed by atoms with Crippen molar-refractivity contribution < 1.29 is 19.3 Å². The molecule has 0 spiro atoms. The molecular formula is C24H19N3O6. The SMILES string of the molecule is CCOc1cc(C=C(C#N)c2cccc([N+](=O)[O-])c2)ccc1OCc1cccc([N+](=O)[O-])c1. The lowest BCUT2D eigenvalue weighted by atomic mass is 10.0. The predicted octanol–water partition coefficient (Wildman–Crippen LogP) is 5.54. The Morgan fingerprint density at radius 3 is 2.30 bits per heavy atom. The van der Waals surface area contributed by atoms with Crippen LogP contribution in [0.3, 0.4) is 0 Å². The van der Waals surface area contributed by atoms with Gasteiger partial charge in [-0.05, 0) is 41.8 Å². The summed E-state index contributed by atoms with van der Waals surface area (Å²) in [5, 5.41) is 31.6. The summed E-state index contributed by atoms with van der Waals surface area (Å²) in [4.78, 5) is 21.0. The van der Waals surface area contributed by atoms with E-state index in [9.17, 15) is 25.5 Å². The summed E-state index contributed by atoms with van der Waals surface area (Å²) in [5.41, 5.74) is 1.83. The van der Waals surface area contributed by atoms with E-state index >= 15 is 0 Å². The number of allylic oxidation sites excluding steroid dienone is 1. The number of non-ortho nitro benzene ring substituents is 2. The first kappa shape index (κ1) is 23.0. The van der Waals surface area contributed by atoms with Gasteiger partial charge in [0, 0.05) is 24.3 Å². The number of nitriles is 1. The van der Waals surface area contributed by atoms with Gasteiger partial charge < -0.3 is 9.47 Å². The number of nitro groups is 2.